The minimum absolute atomic E-state index is 0.0312. The Morgan fingerprint density at radius 2 is 2.03 bits per heavy atom. The van der Waals surface area contributed by atoms with Gasteiger partial charge in [0.15, 0.2) is 0 Å². The molecule has 1 saturated heterocycles. The second kappa shape index (κ2) is 8.17. The molecule has 3 aromatic heterocycles. The molecule has 5 rings (SSSR count). The quantitative estimate of drug-likeness (QED) is 0.558. The third-order valence-electron chi connectivity index (χ3n) is 6.32. The van der Waals surface area contributed by atoms with Crippen LogP contribution in [0.1, 0.15) is 31.0 Å². The number of hydrogen-bond acceptors (Lipinski definition) is 7. The van der Waals surface area contributed by atoms with Gasteiger partial charge < -0.3 is 14.8 Å². The minimum atomic E-state index is -3.20. The second-order valence-corrected chi connectivity index (χ2v) is 10.8. The van der Waals surface area contributed by atoms with Crippen molar-refractivity contribution in [2.24, 2.45) is 0 Å². The summed E-state index contributed by atoms with van der Waals surface area (Å²) in [4.78, 5) is 21.4. The van der Waals surface area contributed by atoms with Gasteiger partial charge in [0.25, 0.3) is 0 Å². The molecule has 170 valence electrons. The van der Waals surface area contributed by atoms with Crippen molar-refractivity contribution in [1.82, 2.24) is 24.7 Å². The largest absolute Gasteiger partial charge is 0.363 e. The Bertz CT molecular complexity index is 1250. The van der Waals surface area contributed by atoms with Gasteiger partial charge in [-0.25, -0.2) is 28.1 Å². The van der Waals surface area contributed by atoms with Gasteiger partial charge in [0.2, 0.25) is 10.0 Å². The van der Waals surface area contributed by atoms with E-state index in [4.69, 9.17) is 11.6 Å². The van der Waals surface area contributed by atoms with Gasteiger partial charge in [0, 0.05) is 55.3 Å². The van der Waals surface area contributed by atoms with Gasteiger partial charge in [-0.2, -0.15) is 0 Å². The molecule has 3 aromatic rings. The number of nitrogens with zero attached hydrogens (tertiary/aromatic N) is 5. The molecule has 0 aromatic carbocycles. The van der Waals surface area contributed by atoms with Crippen LogP contribution < -0.4 is 14.5 Å². The number of anilines is 2. The average molecular weight is 476 g/mol. The van der Waals surface area contributed by atoms with Crippen molar-refractivity contribution >= 4 is 44.2 Å². The van der Waals surface area contributed by atoms with Crippen LogP contribution in [0.3, 0.4) is 0 Å². The van der Waals surface area contributed by atoms with Gasteiger partial charge in [0.1, 0.15) is 22.9 Å². The molecule has 32 heavy (non-hydrogen) atoms. The van der Waals surface area contributed by atoms with Crippen LogP contribution in [0.4, 0.5) is 11.5 Å². The summed E-state index contributed by atoms with van der Waals surface area (Å²) in [7, 11) is -3.20. The number of H-pyrrole nitrogens is 1. The van der Waals surface area contributed by atoms with Gasteiger partial charge in [-0.15, -0.1) is 0 Å². The molecular weight excluding hydrogens is 450 g/mol. The van der Waals surface area contributed by atoms with Gasteiger partial charge >= 0.3 is 0 Å². The highest BCUT2D eigenvalue weighted by molar-refractivity contribution is 7.88. The van der Waals surface area contributed by atoms with Crippen LogP contribution in [0.5, 0.6) is 0 Å². The lowest BCUT2D eigenvalue weighted by molar-refractivity contribution is 0.458. The van der Waals surface area contributed by atoms with Crippen molar-refractivity contribution in [3.63, 3.8) is 0 Å². The summed E-state index contributed by atoms with van der Waals surface area (Å²) in [5, 5.41) is 1.49. The first-order valence-corrected chi connectivity index (χ1v) is 13.0. The number of fused-ring (bicyclic) bond motifs is 2. The lowest BCUT2D eigenvalue weighted by atomic mass is 9.97. The van der Waals surface area contributed by atoms with E-state index in [1.807, 2.05) is 18.3 Å². The number of halogens is 1. The fraction of sp³-hybridized carbons (Fsp3) is 0.476. The summed E-state index contributed by atoms with van der Waals surface area (Å²) in [6, 6.07) is 4.16. The lowest BCUT2D eigenvalue weighted by Gasteiger charge is -2.39. The van der Waals surface area contributed by atoms with Crippen LogP contribution in [-0.4, -0.2) is 59.8 Å². The highest BCUT2D eigenvalue weighted by atomic mass is 35.5. The molecule has 9 nitrogen and oxygen atoms in total. The number of piperidine rings is 1. The van der Waals surface area contributed by atoms with Crippen LogP contribution in [-0.2, 0) is 23.0 Å². The van der Waals surface area contributed by atoms with E-state index in [9.17, 15) is 8.42 Å². The summed E-state index contributed by atoms with van der Waals surface area (Å²) in [5.41, 5.74) is 4.01. The Labute approximate surface area is 192 Å². The van der Waals surface area contributed by atoms with Gasteiger partial charge in [0.05, 0.1) is 17.6 Å². The molecule has 0 radical (unpaired) electrons. The van der Waals surface area contributed by atoms with E-state index in [2.05, 4.69) is 41.4 Å². The van der Waals surface area contributed by atoms with E-state index in [1.54, 1.807) is 6.33 Å². The lowest BCUT2D eigenvalue weighted by Crippen LogP contribution is -2.46. The van der Waals surface area contributed by atoms with Crippen molar-refractivity contribution in [1.29, 1.82) is 0 Å². The number of aromatic amines is 1. The van der Waals surface area contributed by atoms with Crippen LogP contribution in [0.15, 0.2) is 24.7 Å². The molecule has 0 saturated carbocycles. The normalized spacial score (nSPS) is 20.0. The molecule has 1 fully saturated rings. The highest BCUT2D eigenvalue weighted by Crippen LogP contribution is 2.36. The third-order valence-corrected chi connectivity index (χ3v) is 7.28. The number of hydrogen-bond donors (Lipinski definition) is 2. The number of rotatable bonds is 4. The number of sulfonamides is 1. The molecule has 0 spiro atoms. The number of pyridine rings is 1. The summed E-state index contributed by atoms with van der Waals surface area (Å²) in [6.45, 7) is 4.36. The highest BCUT2D eigenvalue weighted by Gasteiger charge is 2.31. The van der Waals surface area contributed by atoms with Crippen molar-refractivity contribution in [3.05, 3.63) is 41.1 Å². The van der Waals surface area contributed by atoms with E-state index >= 15 is 0 Å². The maximum absolute atomic E-state index is 11.6. The van der Waals surface area contributed by atoms with Gasteiger partial charge in [-0.1, -0.05) is 11.6 Å². The molecule has 0 aliphatic carbocycles. The Morgan fingerprint density at radius 1 is 1.25 bits per heavy atom. The zero-order chi connectivity index (χ0) is 22.5. The first kappa shape index (κ1) is 21.4. The zero-order valence-corrected chi connectivity index (χ0v) is 19.6. The molecule has 11 heteroatoms. The molecule has 0 amide bonds. The van der Waals surface area contributed by atoms with Crippen molar-refractivity contribution in [2.75, 3.05) is 29.1 Å². The first-order chi connectivity index (χ1) is 15.3. The molecule has 5 heterocycles. The predicted octanol–water partition coefficient (Wildman–Crippen LogP) is 2.48. The van der Waals surface area contributed by atoms with Crippen molar-refractivity contribution in [2.45, 2.75) is 44.8 Å². The molecule has 1 atom stereocenters. The van der Waals surface area contributed by atoms with Crippen LogP contribution >= 0.6 is 11.6 Å². The summed E-state index contributed by atoms with van der Waals surface area (Å²) < 4.78 is 25.9. The molecule has 2 aliphatic heterocycles. The molecular formula is C21H26ClN7O2S. The fourth-order valence-electron chi connectivity index (χ4n) is 4.83. The van der Waals surface area contributed by atoms with Crippen LogP contribution in [0.25, 0.3) is 11.0 Å². The number of aromatic nitrogens is 4. The molecule has 2 N–H and O–H groups in total. The average Bonchev–Trinajstić information content (AvgIpc) is 3.20. The SMILES string of the molecule is C[C@@H]1Cc2ncnc(N3CCC(NS(C)(=O)=O)CC3)c2CN1c1cc(Cl)nc2[nH]ccc12. The Balaban J connectivity index is 1.44. The first-order valence-electron chi connectivity index (χ1n) is 10.7. The van der Waals surface area contributed by atoms with Gasteiger partial charge in [-0.05, 0) is 31.9 Å². The smallest absolute Gasteiger partial charge is 0.208 e. The van der Waals surface area contributed by atoms with Crippen LogP contribution in [0, 0.1) is 0 Å². The maximum atomic E-state index is 11.6. The van der Waals surface area contributed by atoms with Crippen molar-refractivity contribution in [3.8, 4) is 0 Å². The standard InChI is InChI=1S/C21H26ClN7O2S/c1-13-9-17-16(11-29(13)18-10-19(22)26-20-15(18)3-6-23-20)21(25-12-24-17)28-7-4-14(5-8-28)27-32(2,30)31/h3,6,10,12-14,27H,4-5,7-9,11H2,1-2H3,(H,23,26)/t13-/m1/s1. The van der Waals surface area contributed by atoms with E-state index < -0.39 is 10.0 Å². The van der Waals surface area contributed by atoms with Crippen LogP contribution in [0.2, 0.25) is 5.15 Å². The Hall–Kier alpha value is -2.43. The topological polar surface area (TPSA) is 107 Å². The number of nitrogens with one attached hydrogen (secondary N) is 2. The molecule has 2 aliphatic rings. The Kier molecular flexibility index (Phi) is 5.47. The van der Waals surface area contributed by atoms with E-state index in [0.717, 1.165) is 66.1 Å². The predicted molar refractivity (Wildman–Crippen MR) is 126 cm³/mol. The summed E-state index contributed by atoms with van der Waals surface area (Å²) in [6.07, 6.45) is 7.03. The summed E-state index contributed by atoms with van der Waals surface area (Å²) >= 11 is 6.32. The minimum Gasteiger partial charge on any atom is -0.363 e. The fourth-order valence-corrected chi connectivity index (χ4v) is 5.86. The monoisotopic (exact) mass is 475 g/mol. The van der Waals surface area contributed by atoms with E-state index in [-0.39, 0.29) is 12.1 Å². The molecule has 0 bridgehead atoms. The summed E-state index contributed by atoms with van der Waals surface area (Å²) in [5.74, 6) is 0.940. The Morgan fingerprint density at radius 3 is 2.78 bits per heavy atom. The van der Waals surface area contributed by atoms with Gasteiger partial charge in [-0.3, -0.25) is 0 Å². The maximum Gasteiger partial charge on any atom is 0.208 e. The zero-order valence-electron chi connectivity index (χ0n) is 18.0. The van der Waals surface area contributed by atoms with E-state index in [1.165, 1.54) is 6.26 Å². The molecule has 0 unspecified atom stereocenters. The van der Waals surface area contributed by atoms with Crippen molar-refractivity contribution < 1.29 is 8.42 Å². The third kappa shape index (κ3) is 4.14. The van der Waals surface area contributed by atoms with E-state index in [0.29, 0.717) is 11.7 Å². The second-order valence-electron chi connectivity index (χ2n) is 8.66.